The molecule has 1 aromatic rings. The summed E-state index contributed by atoms with van der Waals surface area (Å²) in [6.07, 6.45) is -2.02. The van der Waals surface area contributed by atoms with Crippen LogP contribution in [0, 0.1) is 10.1 Å². The van der Waals surface area contributed by atoms with Crippen molar-refractivity contribution in [2.24, 2.45) is 0 Å². The van der Waals surface area contributed by atoms with E-state index in [0.29, 0.717) is 19.3 Å². The minimum Gasteiger partial charge on any atom is -0.385 e. The molecule has 16 heteroatoms. The molecular formula is C17H22F3N5O8. The first kappa shape index (κ1) is 27.3. The zero-order valence-electron chi connectivity index (χ0n) is 17.2. The lowest BCUT2D eigenvalue weighted by molar-refractivity contribution is -0.757. The maximum Gasteiger partial charge on any atom is 0.491 e. The number of amides is 2. The maximum atomic E-state index is 12.3. The maximum absolute atomic E-state index is 12.3. The molecule has 0 saturated carbocycles. The minimum absolute atomic E-state index is 0.0781. The van der Waals surface area contributed by atoms with Crippen molar-refractivity contribution < 1.29 is 47.0 Å². The van der Waals surface area contributed by atoms with Gasteiger partial charge >= 0.3 is 18.1 Å². The van der Waals surface area contributed by atoms with Gasteiger partial charge in [0.05, 0.1) is 18.6 Å². The summed E-state index contributed by atoms with van der Waals surface area (Å²) in [5.41, 5.74) is 0.216. The SMILES string of the molecule is O=C(CCCCCO[N+](=O)[O-])NCCC(=O)N[C@@H](Cc1c[nH]cn1)C(=O)OC(=O)C(F)(F)F. The molecule has 0 saturated heterocycles. The molecule has 0 aliphatic rings. The molecule has 1 rings (SSSR count). The van der Waals surface area contributed by atoms with E-state index in [2.05, 4.69) is 30.2 Å². The van der Waals surface area contributed by atoms with Gasteiger partial charge in [-0.3, -0.25) is 9.59 Å². The predicted octanol–water partition coefficient (Wildman–Crippen LogP) is 0.344. The number of halogens is 3. The van der Waals surface area contributed by atoms with Gasteiger partial charge in [-0.2, -0.15) is 13.2 Å². The molecule has 1 atom stereocenters. The number of carbonyl (C=O) groups excluding carboxylic acids is 4. The first-order valence-electron chi connectivity index (χ1n) is 9.63. The van der Waals surface area contributed by atoms with Crippen molar-refractivity contribution in [3.63, 3.8) is 0 Å². The number of aromatic nitrogens is 2. The van der Waals surface area contributed by atoms with E-state index in [1.165, 1.54) is 12.5 Å². The minimum atomic E-state index is -5.39. The highest BCUT2D eigenvalue weighted by Gasteiger charge is 2.43. The van der Waals surface area contributed by atoms with E-state index in [4.69, 9.17) is 0 Å². The number of ether oxygens (including phenoxy) is 1. The molecule has 0 aliphatic carbocycles. The number of hydrogen-bond acceptors (Lipinski definition) is 9. The molecule has 1 aromatic heterocycles. The van der Waals surface area contributed by atoms with Gasteiger partial charge in [-0.1, -0.05) is 6.42 Å². The number of unbranched alkanes of at least 4 members (excludes halogenated alkanes) is 2. The Kier molecular flexibility index (Phi) is 11.3. The molecule has 0 bridgehead atoms. The van der Waals surface area contributed by atoms with Crippen LogP contribution >= 0.6 is 0 Å². The van der Waals surface area contributed by atoms with Crippen LogP contribution in [0.15, 0.2) is 12.5 Å². The van der Waals surface area contributed by atoms with Crippen LogP contribution in [-0.4, -0.2) is 64.2 Å². The zero-order chi connectivity index (χ0) is 24.9. The number of alkyl halides is 3. The highest BCUT2D eigenvalue weighted by molar-refractivity contribution is 5.93. The number of hydrogen-bond donors (Lipinski definition) is 3. The lowest BCUT2D eigenvalue weighted by Crippen LogP contribution is -2.46. The van der Waals surface area contributed by atoms with E-state index in [0.717, 1.165) is 0 Å². The molecule has 13 nitrogen and oxygen atoms in total. The van der Waals surface area contributed by atoms with Crippen LogP contribution in [0.5, 0.6) is 0 Å². The number of rotatable bonds is 14. The Labute approximate surface area is 184 Å². The monoisotopic (exact) mass is 481 g/mol. The van der Waals surface area contributed by atoms with Gasteiger partial charge in [-0.15, -0.1) is 10.1 Å². The first-order valence-corrected chi connectivity index (χ1v) is 9.63. The van der Waals surface area contributed by atoms with Crippen molar-refractivity contribution in [2.45, 2.75) is 50.7 Å². The predicted molar refractivity (Wildman–Crippen MR) is 100 cm³/mol. The van der Waals surface area contributed by atoms with E-state index in [9.17, 15) is 42.5 Å². The second-order valence-corrected chi connectivity index (χ2v) is 6.56. The molecule has 3 N–H and O–H groups in total. The molecule has 0 spiro atoms. The van der Waals surface area contributed by atoms with Crippen molar-refractivity contribution in [3.05, 3.63) is 28.3 Å². The van der Waals surface area contributed by atoms with Crippen LogP contribution in [0.4, 0.5) is 13.2 Å². The fraction of sp³-hybridized carbons (Fsp3) is 0.588. The van der Waals surface area contributed by atoms with E-state index < -0.39 is 35.2 Å². The van der Waals surface area contributed by atoms with Crippen LogP contribution in [0.3, 0.4) is 0 Å². The van der Waals surface area contributed by atoms with Gasteiger partial charge in [0.15, 0.2) is 0 Å². The Balaban J connectivity index is 2.42. The summed E-state index contributed by atoms with van der Waals surface area (Å²) in [4.78, 5) is 67.1. The van der Waals surface area contributed by atoms with Crippen LogP contribution in [0.25, 0.3) is 0 Å². The molecule has 0 fully saturated rings. The first-order chi connectivity index (χ1) is 15.5. The van der Waals surface area contributed by atoms with Crippen molar-refractivity contribution >= 4 is 23.8 Å². The summed E-state index contributed by atoms with van der Waals surface area (Å²) < 4.78 is 40.8. The Morgan fingerprint density at radius 2 is 1.88 bits per heavy atom. The fourth-order valence-electron chi connectivity index (χ4n) is 2.40. The third-order valence-corrected chi connectivity index (χ3v) is 3.93. The van der Waals surface area contributed by atoms with Crippen LogP contribution in [0.2, 0.25) is 0 Å². The van der Waals surface area contributed by atoms with Crippen molar-refractivity contribution in [1.29, 1.82) is 0 Å². The van der Waals surface area contributed by atoms with E-state index in [-0.39, 0.29) is 44.0 Å². The lowest BCUT2D eigenvalue weighted by atomic mass is 10.1. The molecule has 33 heavy (non-hydrogen) atoms. The third-order valence-electron chi connectivity index (χ3n) is 3.93. The summed E-state index contributed by atoms with van der Waals surface area (Å²) >= 11 is 0. The van der Waals surface area contributed by atoms with Gasteiger partial charge in [-0.25, -0.2) is 14.6 Å². The Hall–Kier alpha value is -3.72. The number of H-pyrrole nitrogens is 1. The van der Waals surface area contributed by atoms with Gasteiger partial charge in [0.2, 0.25) is 11.8 Å². The highest BCUT2D eigenvalue weighted by atomic mass is 19.4. The number of aromatic amines is 1. The third kappa shape index (κ3) is 12.0. The number of nitrogens with zero attached hydrogens (tertiary/aromatic N) is 2. The van der Waals surface area contributed by atoms with Crippen molar-refractivity contribution in [3.8, 4) is 0 Å². The number of imidazole rings is 1. The number of nitrogens with one attached hydrogen (secondary N) is 3. The van der Waals surface area contributed by atoms with Crippen LogP contribution < -0.4 is 10.6 Å². The van der Waals surface area contributed by atoms with E-state index in [1.807, 2.05) is 0 Å². The van der Waals surface area contributed by atoms with Gasteiger partial charge in [0.25, 0.3) is 5.09 Å². The highest BCUT2D eigenvalue weighted by Crippen LogP contribution is 2.17. The topological polar surface area (TPSA) is 183 Å². The van der Waals surface area contributed by atoms with Crippen LogP contribution in [-0.2, 0) is 35.2 Å². The summed E-state index contributed by atoms with van der Waals surface area (Å²) in [6, 6.07) is -1.62. The quantitative estimate of drug-likeness (QED) is 0.111. The molecule has 2 amide bonds. The molecular weight excluding hydrogens is 459 g/mol. The summed E-state index contributed by atoms with van der Waals surface area (Å²) in [5.74, 6) is -5.50. The summed E-state index contributed by atoms with van der Waals surface area (Å²) in [6.45, 7) is -0.202. The fourth-order valence-corrected chi connectivity index (χ4v) is 2.40. The lowest BCUT2D eigenvalue weighted by Gasteiger charge is -2.16. The van der Waals surface area contributed by atoms with E-state index in [1.54, 1.807) is 0 Å². The summed E-state index contributed by atoms with van der Waals surface area (Å²) in [5, 5.41) is 13.7. The zero-order valence-corrected chi connectivity index (χ0v) is 17.2. The smallest absolute Gasteiger partial charge is 0.385 e. The standard InChI is InChI=1S/C17H22F3N5O8/c18-17(19,20)16(29)33-15(28)12(8-11-9-21-10-23-11)24-14(27)5-6-22-13(26)4-2-1-3-7-32-25(30)31/h9-10,12H,1-8H2,(H,21,23)(H,22,26)(H,24,27)/t12-/m0/s1. The average molecular weight is 481 g/mol. The Morgan fingerprint density at radius 3 is 2.48 bits per heavy atom. The number of carbonyl (C=O) groups is 4. The Morgan fingerprint density at radius 1 is 1.15 bits per heavy atom. The summed E-state index contributed by atoms with van der Waals surface area (Å²) in [7, 11) is 0. The molecule has 0 radical (unpaired) electrons. The molecule has 184 valence electrons. The molecule has 0 unspecified atom stereocenters. The normalized spacial score (nSPS) is 11.8. The molecule has 0 aliphatic heterocycles. The molecule has 1 heterocycles. The van der Waals surface area contributed by atoms with Crippen molar-refractivity contribution in [1.82, 2.24) is 20.6 Å². The molecule has 0 aromatic carbocycles. The van der Waals surface area contributed by atoms with Gasteiger partial charge in [0.1, 0.15) is 6.04 Å². The largest absolute Gasteiger partial charge is 0.491 e. The van der Waals surface area contributed by atoms with Gasteiger partial charge < -0.3 is 25.2 Å². The van der Waals surface area contributed by atoms with Crippen molar-refractivity contribution in [2.75, 3.05) is 13.2 Å². The number of esters is 2. The van der Waals surface area contributed by atoms with Gasteiger partial charge in [-0.05, 0) is 12.8 Å². The van der Waals surface area contributed by atoms with Gasteiger partial charge in [0, 0.05) is 32.0 Å². The van der Waals surface area contributed by atoms with E-state index >= 15 is 0 Å². The average Bonchev–Trinajstić information content (AvgIpc) is 3.22. The van der Waals surface area contributed by atoms with Crippen LogP contribution in [0.1, 0.15) is 37.8 Å². The second-order valence-electron chi connectivity index (χ2n) is 6.56. The Bertz CT molecular complexity index is 816. The second kappa shape index (κ2) is 13.6.